The third kappa shape index (κ3) is 8.01. The minimum absolute atomic E-state index is 0.0329. The predicted octanol–water partition coefficient (Wildman–Crippen LogP) is 5.28. The van der Waals surface area contributed by atoms with Gasteiger partial charge in [0.1, 0.15) is 18.3 Å². The molecule has 42 heavy (non-hydrogen) atoms. The minimum Gasteiger partial charge on any atom is -0.423 e. The summed E-state index contributed by atoms with van der Waals surface area (Å²) in [5, 5.41) is 4.04. The Morgan fingerprint density at radius 1 is 1.17 bits per heavy atom. The molecule has 0 radical (unpaired) electrons. The van der Waals surface area contributed by atoms with Crippen molar-refractivity contribution in [1.29, 1.82) is 0 Å². The average Bonchev–Trinajstić information content (AvgIpc) is 3.55. The molecule has 1 aromatic carbocycles. The second-order valence-electron chi connectivity index (χ2n) is 12.7. The molecule has 13 heteroatoms. The predicted molar refractivity (Wildman–Crippen MR) is 163 cm³/mol. The van der Waals surface area contributed by atoms with Gasteiger partial charge >= 0.3 is 6.01 Å². The molecule has 230 valence electrons. The van der Waals surface area contributed by atoms with Gasteiger partial charge in [0.05, 0.1) is 0 Å². The van der Waals surface area contributed by atoms with E-state index in [0.717, 1.165) is 19.0 Å². The molecule has 10 nitrogen and oxygen atoms in total. The van der Waals surface area contributed by atoms with E-state index in [1.807, 2.05) is 27.9 Å². The molecule has 1 unspecified atom stereocenters. The van der Waals surface area contributed by atoms with E-state index < -0.39 is 23.9 Å². The van der Waals surface area contributed by atoms with Crippen LogP contribution >= 0.6 is 0 Å². The third-order valence-electron chi connectivity index (χ3n) is 7.16. The number of aromatic nitrogens is 4. The van der Waals surface area contributed by atoms with Crippen molar-refractivity contribution in [3.63, 3.8) is 0 Å². The van der Waals surface area contributed by atoms with E-state index in [2.05, 4.69) is 39.6 Å². The van der Waals surface area contributed by atoms with E-state index in [0.29, 0.717) is 42.1 Å². The Balaban J connectivity index is 1.73. The Kier molecular flexibility index (Phi) is 10.2. The van der Waals surface area contributed by atoms with E-state index in [1.165, 1.54) is 21.1 Å². The summed E-state index contributed by atoms with van der Waals surface area (Å²) in [4.78, 5) is 10.5. The summed E-state index contributed by atoms with van der Waals surface area (Å²) < 4.78 is 57.3. The van der Waals surface area contributed by atoms with E-state index >= 15 is 0 Å². The molecule has 1 saturated heterocycles. The van der Waals surface area contributed by atoms with Crippen molar-refractivity contribution in [2.45, 2.75) is 63.8 Å². The van der Waals surface area contributed by atoms with Crippen molar-refractivity contribution in [1.82, 2.24) is 29.0 Å². The van der Waals surface area contributed by atoms with Crippen LogP contribution in [0.2, 0.25) is 25.7 Å². The molecule has 3 aromatic rings. The Morgan fingerprint density at radius 3 is 2.52 bits per heavy atom. The molecule has 1 fully saturated rings. The fourth-order valence-electron chi connectivity index (χ4n) is 4.90. The van der Waals surface area contributed by atoms with Gasteiger partial charge in [0.2, 0.25) is 0 Å². The molecule has 1 atom stereocenters. The first-order valence-corrected chi connectivity index (χ1v) is 19.5. The summed E-state index contributed by atoms with van der Waals surface area (Å²) in [6.45, 7) is 12.7. The summed E-state index contributed by atoms with van der Waals surface area (Å²) in [6, 6.07) is 7.27. The van der Waals surface area contributed by atoms with Gasteiger partial charge in [-0.2, -0.15) is 14.0 Å². The lowest BCUT2D eigenvalue weighted by Gasteiger charge is -2.18. The van der Waals surface area contributed by atoms with E-state index in [9.17, 15) is 12.8 Å². The number of benzene rings is 1. The van der Waals surface area contributed by atoms with Gasteiger partial charge in [0.15, 0.2) is 0 Å². The monoisotopic (exact) mass is 618 g/mol. The van der Waals surface area contributed by atoms with Crippen molar-refractivity contribution < 1.29 is 22.3 Å². The van der Waals surface area contributed by atoms with Crippen molar-refractivity contribution in [3.05, 3.63) is 48.0 Å². The maximum absolute atomic E-state index is 14.8. The number of hydrogen-bond donors (Lipinski definition) is 0. The highest BCUT2D eigenvalue weighted by Crippen LogP contribution is 2.40. The Morgan fingerprint density at radius 2 is 1.88 bits per heavy atom. The zero-order valence-corrected chi connectivity index (χ0v) is 27.5. The van der Waals surface area contributed by atoms with Crippen LogP contribution in [0.3, 0.4) is 0 Å². The quantitative estimate of drug-likeness (QED) is 0.188. The first-order chi connectivity index (χ1) is 19.7. The molecule has 2 aromatic heterocycles. The van der Waals surface area contributed by atoms with Gasteiger partial charge in [0.25, 0.3) is 15.2 Å². The maximum atomic E-state index is 14.8. The van der Waals surface area contributed by atoms with Crippen LogP contribution < -0.4 is 4.74 Å². The molecule has 3 heterocycles. The molecule has 1 aliphatic heterocycles. The van der Waals surface area contributed by atoms with Crippen LogP contribution in [0.4, 0.5) is 4.39 Å². The van der Waals surface area contributed by atoms with Crippen LogP contribution in [0.1, 0.15) is 31.7 Å². The zero-order valence-electron chi connectivity index (χ0n) is 25.7. The van der Waals surface area contributed by atoms with Gasteiger partial charge in [-0.1, -0.05) is 33.5 Å². The van der Waals surface area contributed by atoms with Gasteiger partial charge in [-0.3, -0.25) is 4.98 Å². The van der Waals surface area contributed by atoms with Gasteiger partial charge in [-0.15, -0.1) is 5.10 Å². The Hall–Kier alpha value is -2.71. The smallest absolute Gasteiger partial charge is 0.323 e. The SMILES string of the molecule is CC(C)c1cc(F)cc(-c2ccncc2)c1Oc1nc(S(=O)(=O)N2CCC(CN(C)C)C2)nn1COCC[Si](C)(C)C. The second kappa shape index (κ2) is 13.3. The number of sulfonamides is 1. The van der Waals surface area contributed by atoms with Crippen LogP contribution in [-0.4, -0.2) is 85.8 Å². The lowest BCUT2D eigenvalue weighted by Crippen LogP contribution is -2.31. The molecule has 0 N–H and O–H groups in total. The van der Waals surface area contributed by atoms with E-state index in [1.54, 1.807) is 24.5 Å². The average molecular weight is 619 g/mol. The van der Waals surface area contributed by atoms with Gasteiger partial charge in [-0.05, 0) is 68.2 Å². The van der Waals surface area contributed by atoms with Crippen molar-refractivity contribution in [2.75, 3.05) is 40.3 Å². The van der Waals surface area contributed by atoms with Gasteiger partial charge in [0, 0.05) is 57.8 Å². The van der Waals surface area contributed by atoms with Gasteiger partial charge in [-0.25, -0.2) is 12.8 Å². The highest BCUT2D eigenvalue weighted by Gasteiger charge is 2.36. The number of ether oxygens (including phenoxy) is 2. The lowest BCUT2D eigenvalue weighted by atomic mass is 9.95. The van der Waals surface area contributed by atoms with E-state index in [-0.39, 0.29) is 29.7 Å². The van der Waals surface area contributed by atoms with Crippen LogP contribution in [-0.2, 0) is 21.5 Å². The van der Waals surface area contributed by atoms with Crippen LogP contribution in [0.15, 0.2) is 41.8 Å². The Labute approximate surface area is 249 Å². The second-order valence-corrected chi connectivity index (χ2v) is 20.1. The number of pyridine rings is 1. The van der Waals surface area contributed by atoms with E-state index in [4.69, 9.17) is 9.47 Å². The topological polar surface area (TPSA) is 103 Å². The molecule has 0 spiro atoms. The van der Waals surface area contributed by atoms with Gasteiger partial charge < -0.3 is 14.4 Å². The van der Waals surface area contributed by atoms with Crippen LogP contribution in [0, 0.1) is 11.7 Å². The molecular formula is C29H43FN6O4SSi. The lowest BCUT2D eigenvalue weighted by molar-refractivity contribution is 0.0723. The molecular weight excluding hydrogens is 576 g/mol. The summed E-state index contributed by atoms with van der Waals surface area (Å²) in [5.74, 6) is 0.110. The standard InChI is InChI=1S/C29H43FN6O4SSi/c1-21(2)25-16-24(30)17-26(23-8-11-31-12-9-23)27(25)40-29-32-28(33-36(29)20-39-14-15-42(5,6)7)41(37,38)35-13-10-22(19-35)18-34(3)4/h8-9,11-12,16-17,21-22H,10,13-15,18-20H2,1-7H3. The van der Waals surface area contributed by atoms with Crippen molar-refractivity contribution in [2.24, 2.45) is 5.92 Å². The number of nitrogens with zero attached hydrogens (tertiary/aromatic N) is 6. The molecule has 4 rings (SSSR count). The Bertz CT molecular complexity index is 1460. The molecule has 0 amide bonds. The summed E-state index contributed by atoms with van der Waals surface area (Å²) in [5.41, 5.74) is 1.83. The fraction of sp³-hybridized carbons (Fsp3) is 0.552. The molecule has 1 aliphatic rings. The van der Waals surface area contributed by atoms with Crippen molar-refractivity contribution in [3.8, 4) is 22.9 Å². The normalized spacial score (nSPS) is 16.6. The first-order valence-electron chi connectivity index (χ1n) is 14.3. The van der Waals surface area contributed by atoms with Crippen LogP contribution in [0.25, 0.3) is 11.1 Å². The summed E-state index contributed by atoms with van der Waals surface area (Å²) in [6.07, 6.45) is 4.01. The maximum Gasteiger partial charge on any atom is 0.323 e. The number of rotatable bonds is 13. The molecule has 0 saturated carbocycles. The third-order valence-corrected chi connectivity index (χ3v) is 10.5. The van der Waals surface area contributed by atoms with Crippen molar-refractivity contribution >= 4 is 18.1 Å². The summed E-state index contributed by atoms with van der Waals surface area (Å²) in [7, 11) is -1.37. The fourth-order valence-corrected chi connectivity index (χ4v) is 7.03. The minimum atomic E-state index is -3.98. The number of hydrogen-bond acceptors (Lipinski definition) is 8. The first kappa shape index (κ1) is 32.2. The molecule has 0 bridgehead atoms. The number of halogens is 1. The molecule has 0 aliphatic carbocycles. The highest BCUT2D eigenvalue weighted by molar-refractivity contribution is 7.89. The van der Waals surface area contributed by atoms with Crippen LogP contribution in [0.5, 0.6) is 11.8 Å². The largest absolute Gasteiger partial charge is 0.423 e. The highest BCUT2D eigenvalue weighted by atomic mass is 32.2. The zero-order chi connectivity index (χ0) is 30.7. The summed E-state index contributed by atoms with van der Waals surface area (Å²) >= 11 is 0.